The number of carbonyl (C=O) groups is 1. The number of amides is 1. The Morgan fingerprint density at radius 1 is 1.17 bits per heavy atom. The van der Waals surface area contributed by atoms with Crippen LogP contribution in [0.4, 0.5) is 5.82 Å². The van der Waals surface area contributed by atoms with Crippen LogP contribution in [0.2, 0.25) is 0 Å². The number of carbonyl (C=O) groups excluding carboxylic acids is 1. The van der Waals surface area contributed by atoms with Gasteiger partial charge in [0, 0.05) is 28.6 Å². The first-order chi connectivity index (χ1) is 13.8. The highest BCUT2D eigenvalue weighted by molar-refractivity contribution is 5.95. The highest BCUT2D eigenvalue weighted by Gasteiger charge is 2.22. The van der Waals surface area contributed by atoms with Gasteiger partial charge in [0.1, 0.15) is 11.4 Å². The molecule has 1 N–H and O–H groups in total. The molecule has 0 unspecified atom stereocenters. The Balaban J connectivity index is 1.62. The van der Waals surface area contributed by atoms with E-state index in [1.54, 1.807) is 17.1 Å². The number of pyridine rings is 1. The van der Waals surface area contributed by atoms with Crippen molar-refractivity contribution in [1.29, 1.82) is 0 Å². The van der Waals surface area contributed by atoms with Crippen LogP contribution < -0.4 is 5.32 Å². The van der Waals surface area contributed by atoms with Crippen LogP contribution in [0.15, 0.2) is 59.3 Å². The Kier molecular flexibility index (Phi) is 4.70. The Bertz CT molecular complexity index is 1170. The number of fused-ring (bicyclic) bond motifs is 1. The van der Waals surface area contributed by atoms with Crippen LogP contribution in [-0.4, -0.2) is 20.7 Å². The fourth-order valence-electron chi connectivity index (χ4n) is 3.18. The van der Waals surface area contributed by atoms with Crippen molar-refractivity contribution in [2.24, 2.45) is 0 Å². The van der Waals surface area contributed by atoms with Crippen molar-refractivity contribution in [3.8, 4) is 5.82 Å². The van der Waals surface area contributed by atoms with E-state index in [0.717, 1.165) is 27.8 Å². The summed E-state index contributed by atoms with van der Waals surface area (Å²) in [7, 11) is 0. The molecule has 0 atom stereocenters. The number of aryl methyl sites for hydroxylation is 1. The second-order valence-electron chi connectivity index (χ2n) is 8.25. The molecule has 4 rings (SSSR count). The first-order valence-electron chi connectivity index (χ1n) is 9.60. The summed E-state index contributed by atoms with van der Waals surface area (Å²) < 4.78 is 7.29. The molecule has 3 aromatic heterocycles. The second kappa shape index (κ2) is 7.20. The molecule has 3 heterocycles. The van der Waals surface area contributed by atoms with Crippen LogP contribution >= 0.6 is 0 Å². The number of hydrogen-bond acceptors (Lipinski definition) is 4. The van der Waals surface area contributed by atoms with Gasteiger partial charge in [-0.15, -0.1) is 0 Å². The monoisotopic (exact) mass is 388 g/mol. The molecule has 0 fully saturated rings. The molecule has 0 aliphatic heterocycles. The molecule has 0 aliphatic rings. The molecule has 0 bridgehead atoms. The Hall–Kier alpha value is -3.41. The largest absolute Gasteiger partial charge is 0.464 e. The SMILES string of the molecule is Cc1ccc2c(CC(=O)Nc3cc(C(C)(C)C)nn3-c3ccccn3)coc2c1. The number of nitrogens with one attached hydrogen (secondary N) is 1. The van der Waals surface area contributed by atoms with E-state index in [1.807, 2.05) is 49.4 Å². The lowest BCUT2D eigenvalue weighted by molar-refractivity contribution is -0.115. The van der Waals surface area contributed by atoms with E-state index in [-0.39, 0.29) is 17.7 Å². The average Bonchev–Trinajstić information content (AvgIpc) is 3.26. The molecule has 0 spiro atoms. The molecule has 1 amide bonds. The van der Waals surface area contributed by atoms with E-state index in [2.05, 4.69) is 36.2 Å². The molecule has 0 saturated carbocycles. The predicted octanol–water partition coefficient (Wildman–Crippen LogP) is 4.80. The second-order valence-corrected chi connectivity index (χ2v) is 8.25. The smallest absolute Gasteiger partial charge is 0.230 e. The molecule has 1 aromatic carbocycles. The number of nitrogens with zero attached hydrogens (tertiary/aromatic N) is 3. The standard InChI is InChI=1S/C23H24N4O2/c1-15-8-9-17-16(14-29-18(17)11-15)12-22(28)25-21-13-19(23(2,3)4)26-27(21)20-7-5-6-10-24-20/h5-11,13-14H,12H2,1-4H3,(H,25,28). The van der Waals surface area contributed by atoms with Gasteiger partial charge in [-0.1, -0.05) is 39.0 Å². The van der Waals surface area contributed by atoms with Crippen molar-refractivity contribution >= 4 is 22.7 Å². The topological polar surface area (TPSA) is 73.0 Å². The van der Waals surface area contributed by atoms with E-state index < -0.39 is 0 Å². The lowest BCUT2D eigenvalue weighted by Crippen LogP contribution is -2.17. The van der Waals surface area contributed by atoms with Gasteiger partial charge in [0.2, 0.25) is 5.91 Å². The Morgan fingerprint density at radius 2 is 2.00 bits per heavy atom. The molecule has 0 radical (unpaired) electrons. The minimum Gasteiger partial charge on any atom is -0.464 e. The summed E-state index contributed by atoms with van der Waals surface area (Å²) in [6.45, 7) is 8.27. The zero-order valence-electron chi connectivity index (χ0n) is 17.1. The van der Waals surface area contributed by atoms with E-state index in [4.69, 9.17) is 4.42 Å². The minimum atomic E-state index is -0.155. The number of aromatic nitrogens is 3. The van der Waals surface area contributed by atoms with Crippen LogP contribution in [-0.2, 0) is 16.6 Å². The van der Waals surface area contributed by atoms with Crippen molar-refractivity contribution < 1.29 is 9.21 Å². The molecular weight excluding hydrogens is 364 g/mol. The number of hydrogen-bond donors (Lipinski definition) is 1. The molecule has 4 aromatic rings. The van der Waals surface area contributed by atoms with Crippen molar-refractivity contribution in [2.75, 3.05) is 5.32 Å². The summed E-state index contributed by atoms with van der Waals surface area (Å²) in [6, 6.07) is 13.5. The molecule has 0 saturated heterocycles. The quantitative estimate of drug-likeness (QED) is 0.545. The van der Waals surface area contributed by atoms with Gasteiger partial charge in [0.15, 0.2) is 5.82 Å². The zero-order valence-corrected chi connectivity index (χ0v) is 17.1. The van der Waals surface area contributed by atoms with E-state index >= 15 is 0 Å². The van der Waals surface area contributed by atoms with Gasteiger partial charge in [0.25, 0.3) is 0 Å². The Labute approximate surface area is 169 Å². The van der Waals surface area contributed by atoms with E-state index in [9.17, 15) is 4.79 Å². The fraction of sp³-hybridized carbons (Fsp3) is 0.261. The maximum absolute atomic E-state index is 12.8. The lowest BCUT2D eigenvalue weighted by Gasteiger charge is -2.13. The highest BCUT2D eigenvalue weighted by Crippen LogP contribution is 2.27. The van der Waals surface area contributed by atoms with Crippen molar-refractivity contribution in [3.63, 3.8) is 0 Å². The van der Waals surface area contributed by atoms with Gasteiger partial charge in [-0.3, -0.25) is 4.79 Å². The third-order valence-electron chi connectivity index (χ3n) is 4.77. The summed E-state index contributed by atoms with van der Waals surface area (Å²) >= 11 is 0. The van der Waals surface area contributed by atoms with Crippen LogP contribution in [0, 0.1) is 6.92 Å². The van der Waals surface area contributed by atoms with Crippen molar-refractivity contribution in [1.82, 2.24) is 14.8 Å². The highest BCUT2D eigenvalue weighted by atomic mass is 16.3. The molecule has 0 aliphatic carbocycles. The first-order valence-corrected chi connectivity index (χ1v) is 9.60. The number of benzene rings is 1. The van der Waals surface area contributed by atoms with E-state index in [0.29, 0.717) is 11.6 Å². The van der Waals surface area contributed by atoms with E-state index in [1.165, 1.54) is 0 Å². The van der Waals surface area contributed by atoms with Crippen LogP contribution in [0.25, 0.3) is 16.8 Å². The summed E-state index contributed by atoms with van der Waals surface area (Å²) in [6.07, 6.45) is 3.58. The van der Waals surface area contributed by atoms with Crippen LogP contribution in [0.1, 0.15) is 37.6 Å². The number of rotatable bonds is 4. The normalized spacial score (nSPS) is 11.7. The van der Waals surface area contributed by atoms with Gasteiger partial charge in [-0.05, 0) is 30.7 Å². The van der Waals surface area contributed by atoms with Gasteiger partial charge < -0.3 is 9.73 Å². The number of furan rings is 1. The van der Waals surface area contributed by atoms with Crippen molar-refractivity contribution in [2.45, 2.75) is 39.5 Å². The summed E-state index contributed by atoms with van der Waals surface area (Å²) in [5.41, 5.74) is 3.50. The molecule has 29 heavy (non-hydrogen) atoms. The third kappa shape index (κ3) is 3.92. The maximum Gasteiger partial charge on any atom is 0.230 e. The maximum atomic E-state index is 12.8. The minimum absolute atomic E-state index is 0.134. The molecule has 148 valence electrons. The molecule has 6 heteroatoms. The van der Waals surface area contributed by atoms with Gasteiger partial charge >= 0.3 is 0 Å². The molecule has 6 nitrogen and oxygen atoms in total. The fourth-order valence-corrected chi connectivity index (χ4v) is 3.18. The lowest BCUT2D eigenvalue weighted by atomic mass is 9.92. The van der Waals surface area contributed by atoms with Crippen LogP contribution in [0.3, 0.4) is 0 Å². The van der Waals surface area contributed by atoms with Crippen LogP contribution in [0.5, 0.6) is 0 Å². The summed E-state index contributed by atoms with van der Waals surface area (Å²) in [4.78, 5) is 17.2. The van der Waals surface area contributed by atoms with Gasteiger partial charge in [0.05, 0.1) is 18.4 Å². The van der Waals surface area contributed by atoms with Crippen molar-refractivity contribution in [3.05, 3.63) is 71.7 Å². The third-order valence-corrected chi connectivity index (χ3v) is 4.77. The average molecular weight is 388 g/mol. The predicted molar refractivity (Wildman–Crippen MR) is 113 cm³/mol. The van der Waals surface area contributed by atoms with Gasteiger partial charge in [-0.2, -0.15) is 9.78 Å². The first kappa shape index (κ1) is 18.9. The Morgan fingerprint density at radius 3 is 2.72 bits per heavy atom. The number of anilines is 1. The summed E-state index contributed by atoms with van der Waals surface area (Å²) in [5, 5.41) is 8.64. The summed E-state index contributed by atoms with van der Waals surface area (Å²) in [5.74, 6) is 1.12. The molecular formula is C23H24N4O2. The zero-order chi connectivity index (χ0) is 20.6. The van der Waals surface area contributed by atoms with Gasteiger partial charge in [-0.25, -0.2) is 4.98 Å².